The summed E-state index contributed by atoms with van der Waals surface area (Å²) in [7, 11) is 0. The van der Waals surface area contributed by atoms with Crippen molar-refractivity contribution >= 4 is 5.91 Å². The Morgan fingerprint density at radius 1 is 1.32 bits per heavy atom. The molecule has 0 saturated carbocycles. The number of carbonyl (C=O) groups is 1. The van der Waals surface area contributed by atoms with E-state index in [4.69, 9.17) is 4.74 Å². The number of carbonyl (C=O) groups excluding carboxylic acids is 1. The molecule has 4 N–H and O–H groups in total. The lowest BCUT2D eigenvalue weighted by Crippen LogP contribution is -2.27. The number of aromatic nitrogens is 5. The molecule has 9 nitrogen and oxygen atoms in total. The van der Waals surface area contributed by atoms with Gasteiger partial charge in [0.1, 0.15) is 23.9 Å². The largest absolute Gasteiger partial charge is 0.487 e. The van der Waals surface area contributed by atoms with Crippen LogP contribution in [0, 0.1) is 5.82 Å². The molecule has 3 aromatic rings. The molecule has 1 aromatic carbocycles. The number of H-pyrrole nitrogens is 3. The van der Waals surface area contributed by atoms with Gasteiger partial charge in [0, 0.05) is 6.07 Å². The van der Waals surface area contributed by atoms with E-state index in [0.29, 0.717) is 17.3 Å². The van der Waals surface area contributed by atoms with Crippen LogP contribution >= 0.6 is 0 Å². The number of benzene rings is 1. The van der Waals surface area contributed by atoms with Crippen LogP contribution in [0.15, 0.2) is 35.1 Å². The first kappa shape index (κ1) is 16.4. The number of hydrogen-bond acceptors (Lipinski definition) is 5. The van der Waals surface area contributed by atoms with Crippen molar-refractivity contribution in [3.05, 3.63) is 63.8 Å². The maximum Gasteiger partial charge on any atom is 0.340 e. The first-order valence-electron chi connectivity index (χ1n) is 7.39. The van der Waals surface area contributed by atoms with E-state index in [2.05, 4.69) is 30.7 Å². The van der Waals surface area contributed by atoms with Crippen molar-refractivity contribution in [3.63, 3.8) is 0 Å². The zero-order chi connectivity index (χ0) is 17.8. The van der Waals surface area contributed by atoms with Gasteiger partial charge in [-0.3, -0.25) is 14.9 Å². The van der Waals surface area contributed by atoms with Crippen LogP contribution in [0.3, 0.4) is 0 Å². The van der Waals surface area contributed by atoms with E-state index in [1.165, 1.54) is 24.3 Å². The third-order valence-electron chi connectivity index (χ3n) is 3.33. The topological polar surface area (TPSA) is 129 Å². The van der Waals surface area contributed by atoms with E-state index in [-0.39, 0.29) is 12.3 Å². The summed E-state index contributed by atoms with van der Waals surface area (Å²) >= 11 is 0. The van der Waals surface area contributed by atoms with Gasteiger partial charge in [-0.05, 0) is 25.1 Å². The van der Waals surface area contributed by atoms with Gasteiger partial charge in [0.15, 0.2) is 5.82 Å². The number of nitrogens with zero attached hydrogens (tertiary/aromatic N) is 2. The molecule has 0 aliphatic rings. The highest BCUT2D eigenvalue weighted by Crippen LogP contribution is 2.14. The van der Waals surface area contributed by atoms with Gasteiger partial charge in [-0.15, -0.1) is 0 Å². The zero-order valence-corrected chi connectivity index (χ0v) is 13.2. The molecule has 0 aliphatic carbocycles. The number of rotatable bonds is 6. The second-order valence-electron chi connectivity index (χ2n) is 5.28. The Morgan fingerprint density at radius 3 is 2.88 bits per heavy atom. The molecule has 0 aliphatic heterocycles. The lowest BCUT2D eigenvalue weighted by Gasteiger charge is -2.08. The summed E-state index contributed by atoms with van der Waals surface area (Å²) < 4.78 is 18.5. The van der Waals surface area contributed by atoms with Crippen molar-refractivity contribution in [3.8, 4) is 5.75 Å². The fraction of sp³-hybridized carbons (Fsp3) is 0.200. The summed E-state index contributed by atoms with van der Waals surface area (Å²) in [5.74, 6) is -0.155. The first-order valence-corrected chi connectivity index (χ1v) is 7.39. The molecule has 0 saturated heterocycles. The quantitative estimate of drug-likeness (QED) is 0.530. The van der Waals surface area contributed by atoms with Gasteiger partial charge in [-0.25, -0.2) is 14.3 Å². The molecule has 0 spiro atoms. The van der Waals surface area contributed by atoms with Gasteiger partial charge < -0.3 is 10.1 Å². The average Bonchev–Trinajstić information content (AvgIpc) is 3.22. The molecular formula is C15H15FN6O3. The highest BCUT2D eigenvalue weighted by molar-refractivity contribution is 5.92. The maximum absolute atomic E-state index is 13.1. The summed E-state index contributed by atoms with van der Waals surface area (Å²) in [6.45, 7) is 1.77. The lowest BCUT2D eigenvalue weighted by molar-refractivity contribution is 0.0933. The van der Waals surface area contributed by atoms with E-state index < -0.39 is 23.5 Å². The molecular weight excluding hydrogens is 331 g/mol. The normalized spacial score (nSPS) is 11.9. The number of hydrogen-bond donors (Lipinski definition) is 4. The second-order valence-corrected chi connectivity index (χ2v) is 5.28. The Morgan fingerprint density at radius 2 is 2.16 bits per heavy atom. The van der Waals surface area contributed by atoms with Crippen LogP contribution in [0.4, 0.5) is 4.39 Å². The minimum absolute atomic E-state index is 0.103. The Bertz CT molecular complexity index is 931. The molecule has 1 atom stereocenters. The third-order valence-corrected chi connectivity index (χ3v) is 3.33. The van der Waals surface area contributed by atoms with Crippen LogP contribution in [0.5, 0.6) is 5.75 Å². The van der Waals surface area contributed by atoms with E-state index in [1.807, 2.05) is 0 Å². The highest BCUT2D eigenvalue weighted by Gasteiger charge is 2.16. The maximum atomic E-state index is 13.1. The van der Waals surface area contributed by atoms with Gasteiger partial charge in [-0.2, -0.15) is 10.2 Å². The van der Waals surface area contributed by atoms with Crippen molar-refractivity contribution in [2.24, 2.45) is 0 Å². The summed E-state index contributed by atoms with van der Waals surface area (Å²) in [6, 6.07) is 6.76. The first-order chi connectivity index (χ1) is 12.0. The van der Waals surface area contributed by atoms with Crippen LogP contribution in [0.2, 0.25) is 0 Å². The van der Waals surface area contributed by atoms with Crippen LogP contribution in [0.25, 0.3) is 0 Å². The molecule has 1 unspecified atom stereocenters. The molecule has 2 heterocycles. The molecule has 25 heavy (non-hydrogen) atoms. The summed E-state index contributed by atoms with van der Waals surface area (Å²) in [5.41, 5.74) is 0.255. The Balaban J connectivity index is 1.58. The fourth-order valence-electron chi connectivity index (χ4n) is 2.10. The zero-order valence-electron chi connectivity index (χ0n) is 13.2. The monoisotopic (exact) mass is 346 g/mol. The van der Waals surface area contributed by atoms with Gasteiger partial charge >= 0.3 is 5.69 Å². The number of amides is 1. The Labute approximate surface area is 140 Å². The fourth-order valence-corrected chi connectivity index (χ4v) is 2.10. The minimum Gasteiger partial charge on any atom is -0.487 e. The smallest absolute Gasteiger partial charge is 0.340 e. The summed E-state index contributed by atoms with van der Waals surface area (Å²) in [6.07, 6.45) is 0. The Kier molecular flexibility index (Phi) is 4.59. The van der Waals surface area contributed by atoms with Crippen LogP contribution in [0.1, 0.15) is 35.0 Å². The molecule has 3 rings (SSSR count). The molecule has 2 aromatic heterocycles. The van der Waals surface area contributed by atoms with Crippen molar-refractivity contribution in [1.29, 1.82) is 0 Å². The molecule has 130 valence electrons. The standard InChI is InChI=1S/C15H15FN6O3/c1-8(13-18-15(24)22-21-13)17-14(23)12-6-10(19-20-12)7-25-11-4-2-3-9(16)5-11/h2-6,8H,7H2,1H3,(H,17,23)(H,19,20)(H2,18,21,22,24). The van der Waals surface area contributed by atoms with Gasteiger partial charge in [0.25, 0.3) is 5.91 Å². The average molecular weight is 346 g/mol. The Hall–Kier alpha value is -3.43. The van der Waals surface area contributed by atoms with Crippen molar-refractivity contribution < 1.29 is 13.9 Å². The van der Waals surface area contributed by atoms with Crippen molar-refractivity contribution in [2.75, 3.05) is 0 Å². The van der Waals surface area contributed by atoms with Crippen LogP contribution in [-0.2, 0) is 6.61 Å². The SMILES string of the molecule is CC(NC(=O)c1cc(COc2cccc(F)c2)[nH]n1)c1n[nH]c(=O)[nH]1. The lowest BCUT2D eigenvalue weighted by atomic mass is 10.3. The second kappa shape index (κ2) is 6.99. The molecule has 1 amide bonds. The van der Waals surface area contributed by atoms with Crippen LogP contribution in [-0.4, -0.2) is 31.3 Å². The number of aromatic amines is 3. The summed E-state index contributed by atoms with van der Waals surface area (Å²) in [4.78, 5) is 25.6. The molecule has 0 bridgehead atoms. The molecule has 0 radical (unpaired) electrons. The van der Waals surface area contributed by atoms with Crippen molar-refractivity contribution in [2.45, 2.75) is 19.6 Å². The van der Waals surface area contributed by atoms with Crippen molar-refractivity contribution in [1.82, 2.24) is 30.7 Å². The van der Waals surface area contributed by atoms with E-state index in [0.717, 1.165) is 0 Å². The van der Waals surface area contributed by atoms with Gasteiger partial charge in [0.2, 0.25) is 0 Å². The van der Waals surface area contributed by atoms with Gasteiger partial charge in [0.05, 0.1) is 11.7 Å². The minimum atomic E-state index is -0.504. The van der Waals surface area contributed by atoms with E-state index in [9.17, 15) is 14.0 Å². The predicted octanol–water partition coefficient (Wildman–Crippen LogP) is 1.03. The third kappa shape index (κ3) is 4.10. The highest BCUT2D eigenvalue weighted by atomic mass is 19.1. The van der Waals surface area contributed by atoms with Crippen LogP contribution < -0.4 is 15.7 Å². The number of ether oxygens (including phenoxy) is 1. The summed E-state index contributed by atoms with van der Waals surface area (Å²) in [5, 5.41) is 15.2. The molecule has 10 heteroatoms. The number of halogens is 1. The van der Waals surface area contributed by atoms with E-state index >= 15 is 0 Å². The number of nitrogens with one attached hydrogen (secondary N) is 4. The molecule has 0 fully saturated rings. The van der Waals surface area contributed by atoms with Gasteiger partial charge in [-0.1, -0.05) is 6.07 Å². The predicted molar refractivity (Wildman–Crippen MR) is 84.4 cm³/mol. The van der Waals surface area contributed by atoms with E-state index in [1.54, 1.807) is 13.0 Å².